The highest BCUT2D eigenvalue weighted by Gasteiger charge is 2.19. The summed E-state index contributed by atoms with van der Waals surface area (Å²) in [7, 11) is 0. The molecule has 2 heterocycles. The zero-order valence-electron chi connectivity index (χ0n) is 11.7. The summed E-state index contributed by atoms with van der Waals surface area (Å²) < 4.78 is 6.38. The molecule has 0 radical (unpaired) electrons. The maximum atomic E-state index is 11.7. The monoisotopic (exact) mass is 306 g/mol. The van der Waals surface area contributed by atoms with E-state index in [1.54, 1.807) is 4.90 Å². The third-order valence-corrected chi connectivity index (χ3v) is 4.58. The van der Waals surface area contributed by atoms with Crippen LogP contribution in [0.4, 0.5) is 9.93 Å². The molecule has 1 saturated heterocycles. The van der Waals surface area contributed by atoms with Gasteiger partial charge in [-0.3, -0.25) is 9.80 Å². The second kappa shape index (κ2) is 6.38. The molecule has 1 fully saturated rings. The number of ether oxygens (including phenoxy) is 1. The summed E-state index contributed by atoms with van der Waals surface area (Å²) in [5.74, 6) is 0. The number of urea groups is 1. The van der Waals surface area contributed by atoms with Crippen molar-refractivity contribution in [1.82, 2.24) is 9.88 Å². The molecule has 2 amide bonds. The van der Waals surface area contributed by atoms with Crippen molar-refractivity contribution in [3.8, 4) is 0 Å². The molecule has 0 aliphatic carbocycles. The predicted octanol–water partition coefficient (Wildman–Crippen LogP) is 1.51. The smallest absolute Gasteiger partial charge is 0.321 e. The van der Waals surface area contributed by atoms with E-state index in [1.807, 2.05) is 24.3 Å². The van der Waals surface area contributed by atoms with Crippen LogP contribution in [0.1, 0.15) is 0 Å². The molecule has 0 bridgehead atoms. The summed E-state index contributed by atoms with van der Waals surface area (Å²) in [5.41, 5.74) is 6.41. The molecule has 0 atom stereocenters. The van der Waals surface area contributed by atoms with E-state index < -0.39 is 6.03 Å². The minimum absolute atomic E-state index is 0.456. The Balaban J connectivity index is 1.72. The Kier molecular flexibility index (Phi) is 4.33. The number of carbonyl (C=O) groups excluding carboxylic acids is 1. The Labute approximate surface area is 127 Å². The van der Waals surface area contributed by atoms with Gasteiger partial charge in [-0.2, -0.15) is 0 Å². The van der Waals surface area contributed by atoms with E-state index in [2.05, 4.69) is 9.88 Å². The normalized spacial score (nSPS) is 16.2. The van der Waals surface area contributed by atoms with Crippen LogP contribution in [0.25, 0.3) is 10.2 Å². The van der Waals surface area contributed by atoms with Gasteiger partial charge in [-0.15, -0.1) is 0 Å². The highest BCUT2D eigenvalue weighted by atomic mass is 32.1. The molecular weight excluding hydrogens is 288 g/mol. The van der Waals surface area contributed by atoms with Crippen molar-refractivity contribution in [3.63, 3.8) is 0 Å². The van der Waals surface area contributed by atoms with Gasteiger partial charge in [0.15, 0.2) is 5.13 Å². The lowest BCUT2D eigenvalue weighted by Crippen LogP contribution is -2.44. The maximum absolute atomic E-state index is 11.7. The van der Waals surface area contributed by atoms with Gasteiger partial charge in [-0.25, -0.2) is 9.78 Å². The second-order valence-corrected chi connectivity index (χ2v) is 5.92. The number of hydrogen-bond acceptors (Lipinski definition) is 5. The van der Waals surface area contributed by atoms with Crippen LogP contribution in [0.3, 0.4) is 0 Å². The largest absolute Gasteiger partial charge is 0.379 e. The lowest BCUT2D eigenvalue weighted by molar-refractivity contribution is 0.0393. The van der Waals surface area contributed by atoms with Gasteiger partial charge in [-0.1, -0.05) is 23.5 Å². The predicted molar refractivity (Wildman–Crippen MR) is 83.8 cm³/mol. The molecule has 2 N–H and O–H groups in total. The number of hydrogen-bond donors (Lipinski definition) is 1. The summed E-state index contributed by atoms with van der Waals surface area (Å²) in [4.78, 5) is 20.0. The van der Waals surface area contributed by atoms with Crippen LogP contribution in [0.15, 0.2) is 24.3 Å². The average molecular weight is 306 g/mol. The van der Waals surface area contributed by atoms with Crippen LogP contribution >= 0.6 is 11.3 Å². The number of nitrogens with two attached hydrogens (primary N) is 1. The number of morpholine rings is 1. The Morgan fingerprint density at radius 3 is 2.86 bits per heavy atom. The minimum Gasteiger partial charge on any atom is -0.379 e. The Morgan fingerprint density at radius 2 is 2.14 bits per heavy atom. The highest BCUT2D eigenvalue weighted by molar-refractivity contribution is 7.22. The van der Waals surface area contributed by atoms with Crippen LogP contribution in [-0.4, -0.2) is 55.3 Å². The fourth-order valence-electron chi connectivity index (χ4n) is 2.34. The topological polar surface area (TPSA) is 71.7 Å². The Bertz CT molecular complexity index is 591. The molecule has 7 heteroatoms. The van der Waals surface area contributed by atoms with E-state index in [9.17, 15) is 4.79 Å². The number of amides is 2. The number of aromatic nitrogens is 1. The number of thiazole rings is 1. The molecule has 112 valence electrons. The number of anilines is 1. The molecule has 6 nitrogen and oxygen atoms in total. The van der Waals surface area contributed by atoms with Crippen molar-refractivity contribution >= 4 is 32.7 Å². The molecule has 0 unspecified atom stereocenters. The van der Waals surface area contributed by atoms with Crippen LogP contribution < -0.4 is 10.6 Å². The standard InChI is InChI=1S/C14H18N4O2S/c15-13(19)18(6-5-17-7-9-20-10-8-17)14-16-11-3-1-2-4-12(11)21-14/h1-4H,5-10H2,(H2,15,19). The van der Waals surface area contributed by atoms with Gasteiger partial charge in [0.25, 0.3) is 0 Å². The quantitative estimate of drug-likeness (QED) is 0.929. The summed E-state index contributed by atoms with van der Waals surface area (Å²) >= 11 is 1.49. The molecule has 1 aliphatic rings. The first-order chi connectivity index (χ1) is 10.2. The van der Waals surface area contributed by atoms with E-state index >= 15 is 0 Å². The first-order valence-corrected chi connectivity index (χ1v) is 7.78. The zero-order valence-corrected chi connectivity index (χ0v) is 12.5. The van der Waals surface area contributed by atoms with E-state index in [0.717, 1.165) is 43.1 Å². The van der Waals surface area contributed by atoms with Gasteiger partial charge in [0.1, 0.15) is 0 Å². The molecular formula is C14H18N4O2S. The first-order valence-electron chi connectivity index (χ1n) is 6.97. The summed E-state index contributed by atoms with van der Waals surface area (Å²) in [6.45, 7) is 4.62. The van der Waals surface area contributed by atoms with Gasteiger partial charge in [0, 0.05) is 26.2 Å². The molecule has 1 aliphatic heterocycles. The lowest BCUT2D eigenvalue weighted by atomic mass is 10.3. The molecule has 1 aromatic carbocycles. The Morgan fingerprint density at radius 1 is 1.38 bits per heavy atom. The first kappa shape index (κ1) is 14.2. The van der Waals surface area contributed by atoms with Crippen LogP contribution in [0.5, 0.6) is 0 Å². The number of carbonyl (C=O) groups is 1. The molecule has 21 heavy (non-hydrogen) atoms. The van der Waals surface area contributed by atoms with E-state index in [0.29, 0.717) is 11.7 Å². The second-order valence-electron chi connectivity index (χ2n) is 4.91. The zero-order chi connectivity index (χ0) is 14.7. The minimum atomic E-state index is -0.456. The Hall–Kier alpha value is -1.70. The van der Waals surface area contributed by atoms with Crippen molar-refractivity contribution in [2.75, 3.05) is 44.3 Å². The fraction of sp³-hybridized carbons (Fsp3) is 0.429. The van der Waals surface area contributed by atoms with Crippen LogP contribution in [0.2, 0.25) is 0 Å². The van der Waals surface area contributed by atoms with E-state index in [4.69, 9.17) is 10.5 Å². The molecule has 0 spiro atoms. The van der Waals surface area contributed by atoms with Gasteiger partial charge < -0.3 is 10.5 Å². The van der Waals surface area contributed by atoms with E-state index in [-0.39, 0.29) is 0 Å². The third kappa shape index (κ3) is 3.31. The summed E-state index contributed by atoms with van der Waals surface area (Å²) in [6.07, 6.45) is 0. The number of para-hydroxylation sites is 1. The molecule has 2 aromatic rings. The van der Waals surface area contributed by atoms with Crippen LogP contribution in [-0.2, 0) is 4.74 Å². The SMILES string of the molecule is NC(=O)N(CCN1CCOCC1)c1nc2ccccc2s1. The maximum Gasteiger partial charge on any atom is 0.321 e. The van der Waals surface area contributed by atoms with Gasteiger partial charge in [0.2, 0.25) is 0 Å². The van der Waals surface area contributed by atoms with E-state index in [1.165, 1.54) is 11.3 Å². The molecule has 1 aromatic heterocycles. The summed E-state index contributed by atoms with van der Waals surface area (Å²) in [6, 6.07) is 7.39. The number of benzene rings is 1. The van der Waals surface area contributed by atoms with Crippen molar-refractivity contribution < 1.29 is 9.53 Å². The average Bonchev–Trinajstić information content (AvgIpc) is 2.91. The van der Waals surface area contributed by atoms with Crippen molar-refractivity contribution in [1.29, 1.82) is 0 Å². The van der Waals surface area contributed by atoms with Crippen molar-refractivity contribution in [2.45, 2.75) is 0 Å². The molecule has 3 rings (SSSR count). The number of nitrogens with zero attached hydrogens (tertiary/aromatic N) is 3. The molecule has 0 saturated carbocycles. The van der Waals surface area contributed by atoms with Gasteiger partial charge >= 0.3 is 6.03 Å². The third-order valence-electron chi connectivity index (χ3n) is 3.52. The lowest BCUT2D eigenvalue weighted by Gasteiger charge is -2.28. The summed E-state index contributed by atoms with van der Waals surface area (Å²) in [5, 5.41) is 0.664. The number of fused-ring (bicyclic) bond motifs is 1. The van der Waals surface area contributed by atoms with Crippen LogP contribution in [0, 0.1) is 0 Å². The van der Waals surface area contributed by atoms with Gasteiger partial charge in [-0.05, 0) is 12.1 Å². The highest BCUT2D eigenvalue weighted by Crippen LogP contribution is 2.28. The number of primary amides is 1. The van der Waals surface area contributed by atoms with Crippen molar-refractivity contribution in [2.24, 2.45) is 5.73 Å². The number of rotatable bonds is 4. The fourth-order valence-corrected chi connectivity index (χ4v) is 3.34. The van der Waals surface area contributed by atoms with Gasteiger partial charge in [0.05, 0.1) is 23.4 Å². The van der Waals surface area contributed by atoms with Crippen molar-refractivity contribution in [3.05, 3.63) is 24.3 Å².